The summed E-state index contributed by atoms with van der Waals surface area (Å²) >= 11 is 4.32. The lowest BCUT2D eigenvalue weighted by Crippen LogP contribution is -1.95. The maximum atomic E-state index is 4.91. The molecule has 0 aliphatic heterocycles. The first-order chi connectivity index (χ1) is 10.3. The minimum Gasteiger partial charge on any atom is -0.244 e. The number of benzene rings is 2. The summed E-state index contributed by atoms with van der Waals surface area (Å²) in [7, 11) is 0. The van der Waals surface area contributed by atoms with Crippen LogP contribution in [0.5, 0.6) is 0 Å². The van der Waals surface area contributed by atoms with Crippen LogP contribution in [0, 0.1) is 3.57 Å². The van der Waals surface area contributed by atoms with Crippen molar-refractivity contribution in [3.63, 3.8) is 0 Å². The molecule has 5 rings (SSSR count). The van der Waals surface area contributed by atoms with Crippen molar-refractivity contribution in [2.24, 2.45) is 0 Å². The summed E-state index contributed by atoms with van der Waals surface area (Å²) in [5.41, 5.74) is 5.60. The van der Waals surface area contributed by atoms with Crippen LogP contribution in [0.3, 0.4) is 0 Å². The first-order valence-corrected chi connectivity index (χ1v) is 9.04. The highest BCUT2D eigenvalue weighted by atomic mass is 127. The molecule has 1 aliphatic carbocycles. The lowest BCUT2D eigenvalue weighted by Gasteiger charge is -2.10. The molecule has 0 amide bonds. The van der Waals surface area contributed by atoms with E-state index in [1.807, 2.05) is 35.6 Å². The van der Waals surface area contributed by atoms with Gasteiger partial charge in [-0.15, -0.1) is 11.3 Å². The average Bonchev–Trinajstić information content (AvgIpc) is 3.22. The predicted molar refractivity (Wildman–Crippen MR) is 97.1 cm³/mol. The molecular formula is C17H11IN2S. The van der Waals surface area contributed by atoms with Crippen molar-refractivity contribution in [1.82, 2.24) is 9.97 Å². The minimum absolute atomic E-state index is 0.732. The number of aromatic nitrogens is 2. The van der Waals surface area contributed by atoms with Gasteiger partial charge in [0.25, 0.3) is 0 Å². The highest BCUT2D eigenvalue weighted by molar-refractivity contribution is 14.1. The molecule has 4 heteroatoms. The van der Waals surface area contributed by atoms with Gasteiger partial charge in [-0.1, -0.05) is 12.1 Å². The highest BCUT2D eigenvalue weighted by Gasteiger charge is 2.30. The summed E-state index contributed by atoms with van der Waals surface area (Å²) in [6.07, 6.45) is 2.63. The maximum Gasteiger partial charge on any atom is 0.104 e. The molecule has 0 spiro atoms. The van der Waals surface area contributed by atoms with E-state index < -0.39 is 0 Å². The summed E-state index contributed by atoms with van der Waals surface area (Å²) in [5, 5.41) is 3.46. The van der Waals surface area contributed by atoms with E-state index >= 15 is 0 Å². The van der Waals surface area contributed by atoms with Gasteiger partial charge >= 0.3 is 0 Å². The second-order valence-corrected chi connectivity index (χ2v) is 7.57. The van der Waals surface area contributed by atoms with Gasteiger partial charge in [-0.25, -0.2) is 9.97 Å². The third-order valence-corrected chi connectivity index (χ3v) is 6.21. The Balaban J connectivity index is 2.04. The molecule has 0 unspecified atom stereocenters. The molecule has 0 N–H and O–H groups in total. The second kappa shape index (κ2) is 4.36. The summed E-state index contributed by atoms with van der Waals surface area (Å²) < 4.78 is 2.72. The van der Waals surface area contributed by atoms with E-state index in [0.717, 1.165) is 28.0 Å². The van der Waals surface area contributed by atoms with Crippen molar-refractivity contribution in [2.45, 2.75) is 18.8 Å². The maximum absolute atomic E-state index is 4.91. The van der Waals surface area contributed by atoms with Crippen molar-refractivity contribution in [3.8, 4) is 0 Å². The third-order valence-electron chi connectivity index (χ3n) is 4.17. The van der Waals surface area contributed by atoms with Crippen molar-refractivity contribution in [3.05, 3.63) is 44.8 Å². The van der Waals surface area contributed by atoms with Crippen LogP contribution >= 0.6 is 33.9 Å². The summed E-state index contributed by atoms with van der Waals surface area (Å²) in [4.78, 5) is 9.81. The average molecular weight is 402 g/mol. The lowest BCUT2D eigenvalue weighted by atomic mass is 10.1. The van der Waals surface area contributed by atoms with Gasteiger partial charge in [0.1, 0.15) is 5.52 Å². The summed E-state index contributed by atoms with van der Waals surface area (Å²) in [6.45, 7) is 0. The van der Waals surface area contributed by atoms with Crippen molar-refractivity contribution in [2.75, 3.05) is 0 Å². The Morgan fingerprint density at radius 3 is 2.43 bits per heavy atom. The van der Waals surface area contributed by atoms with Gasteiger partial charge in [0.2, 0.25) is 0 Å². The summed E-state index contributed by atoms with van der Waals surface area (Å²) in [5.74, 6) is 0.732. The van der Waals surface area contributed by atoms with Gasteiger partial charge < -0.3 is 0 Å². The normalized spacial score (nSPS) is 15.3. The van der Waals surface area contributed by atoms with Crippen molar-refractivity contribution < 1.29 is 0 Å². The van der Waals surface area contributed by atoms with Gasteiger partial charge in [-0.3, -0.25) is 0 Å². The Kier molecular flexibility index (Phi) is 2.55. The summed E-state index contributed by atoms with van der Waals surface area (Å²) in [6, 6.07) is 10.3. The number of rotatable bonds is 1. The zero-order chi connectivity index (χ0) is 14.0. The van der Waals surface area contributed by atoms with E-state index in [0.29, 0.717) is 0 Å². The molecule has 0 radical (unpaired) electrons. The SMILES string of the molecule is Ic1c(C2CC2)c2sccc2c2nc3ccccc3nc12. The van der Waals surface area contributed by atoms with Gasteiger partial charge in [0.15, 0.2) is 0 Å². The first-order valence-electron chi connectivity index (χ1n) is 7.08. The second-order valence-electron chi connectivity index (χ2n) is 5.57. The number of fused-ring (bicyclic) bond motifs is 4. The zero-order valence-electron chi connectivity index (χ0n) is 11.1. The fourth-order valence-electron chi connectivity index (χ4n) is 3.01. The number of hydrogen-bond acceptors (Lipinski definition) is 3. The van der Waals surface area contributed by atoms with Crippen molar-refractivity contribution in [1.29, 1.82) is 0 Å². The molecule has 2 heterocycles. The molecule has 2 nitrogen and oxygen atoms in total. The van der Waals surface area contributed by atoms with Gasteiger partial charge in [-0.2, -0.15) is 0 Å². The molecule has 0 bridgehead atoms. The predicted octanol–water partition coefficient (Wildman–Crippen LogP) is 5.48. The van der Waals surface area contributed by atoms with E-state index in [2.05, 4.69) is 34.0 Å². The molecule has 0 atom stereocenters. The molecule has 2 aromatic heterocycles. The van der Waals surface area contributed by atoms with Crippen LogP contribution in [0.1, 0.15) is 24.3 Å². The van der Waals surface area contributed by atoms with Crippen LogP contribution in [0.4, 0.5) is 0 Å². The Morgan fingerprint density at radius 2 is 1.71 bits per heavy atom. The molecule has 1 saturated carbocycles. The minimum atomic E-state index is 0.732. The van der Waals surface area contributed by atoms with Crippen LogP contribution in [-0.2, 0) is 0 Å². The van der Waals surface area contributed by atoms with Crippen LogP contribution in [0.2, 0.25) is 0 Å². The topological polar surface area (TPSA) is 25.8 Å². The van der Waals surface area contributed by atoms with E-state index in [4.69, 9.17) is 9.97 Å². The van der Waals surface area contributed by atoms with E-state index in [-0.39, 0.29) is 0 Å². The first kappa shape index (κ1) is 12.3. The van der Waals surface area contributed by atoms with Gasteiger partial charge in [0.05, 0.1) is 16.6 Å². The molecule has 1 aliphatic rings. The van der Waals surface area contributed by atoms with E-state index in [1.54, 1.807) is 0 Å². The molecule has 2 aromatic carbocycles. The molecule has 4 aromatic rings. The van der Waals surface area contributed by atoms with Crippen LogP contribution in [0.15, 0.2) is 35.7 Å². The van der Waals surface area contributed by atoms with Crippen LogP contribution in [0.25, 0.3) is 32.2 Å². The number of thiophene rings is 1. The van der Waals surface area contributed by atoms with Crippen molar-refractivity contribution >= 4 is 66.1 Å². The Bertz CT molecular complexity index is 1020. The quantitative estimate of drug-likeness (QED) is 0.311. The fraction of sp³-hybridized carbons (Fsp3) is 0.176. The smallest absolute Gasteiger partial charge is 0.104 e. The van der Waals surface area contributed by atoms with Crippen LogP contribution in [-0.4, -0.2) is 9.97 Å². The Hall–Kier alpha value is -1.27. The van der Waals surface area contributed by atoms with Gasteiger partial charge in [-0.05, 0) is 70.5 Å². The third kappa shape index (κ3) is 1.75. The van der Waals surface area contributed by atoms with E-state index in [9.17, 15) is 0 Å². The monoisotopic (exact) mass is 402 g/mol. The molecular weight excluding hydrogens is 391 g/mol. The number of hydrogen-bond donors (Lipinski definition) is 0. The largest absolute Gasteiger partial charge is 0.244 e. The Labute approximate surface area is 139 Å². The Morgan fingerprint density at radius 1 is 1.00 bits per heavy atom. The van der Waals surface area contributed by atoms with E-state index in [1.165, 1.54) is 32.1 Å². The molecule has 0 saturated heterocycles. The number of para-hydroxylation sites is 2. The van der Waals surface area contributed by atoms with Gasteiger partial charge in [0, 0.05) is 13.7 Å². The zero-order valence-corrected chi connectivity index (χ0v) is 14.1. The van der Waals surface area contributed by atoms with Crippen LogP contribution < -0.4 is 0 Å². The molecule has 1 fully saturated rings. The molecule has 102 valence electrons. The lowest BCUT2D eigenvalue weighted by molar-refractivity contribution is 1.14. The standard InChI is InChI=1S/C17H11IN2S/c18-14-13(9-5-6-9)17-10(7-8-21-17)15-16(14)20-12-4-2-1-3-11(12)19-15/h1-4,7-9H,5-6H2. The fourth-order valence-corrected chi connectivity index (χ4v) is 5.31. The highest BCUT2D eigenvalue weighted by Crippen LogP contribution is 2.48. The number of halogens is 1. The number of nitrogens with zero attached hydrogens (tertiary/aromatic N) is 2. The molecule has 21 heavy (non-hydrogen) atoms.